The van der Waals surface area contributed by atoms with Crippen molar-refractivity contribution in [2.75, 3.05) is 39.4 Å². The fourth-order valence-corrected chi connectivity index (χ4v) is 7.68. The molecule has 0 spiro atoms. The zero-order valence-electron chi connectivity index (χ0n) is 25.5. The van der Waals surface area contributed by atoms with E-state index in [9.17, 15) is 27.2 Å². The second-order valence-electron chi connectivity index (χ2n) is 12.6. The van der Waals surface area contributed by atoms with Crippen LogP contribution in [0.3, 0.4) is 0 Å². The average molecular weight is 619 g/mol. The molecule has 4 bridgehead atoms. The molecule has 4 fully saturated rings. The number of fused-ring (bicyclic) bond motifs is 4. The van der Waals surface area contributed by atoms with Crippen LogP contribution in [0.2, 0.25) is 0 Å². The molecule has 2 aromatic rings. The van der Waals surface area contributed by atoms with Gasteiger partial charge in [0.05, 0.1) is 13.2 Å². The van der Waals surface area contributed by atoms with Gasteiger partial charge in [0, 0.05) is 51.1 Å². The maximum atomic E-state index is 14.7. The molecular formula is C34H42F4N2O4. The molecule has 0 unspecified atom stereocenters. The number of alkyl halides is 4. The standard InChI is InChI=1S/2C17H21F2NO2/c2*1-2-22-15(21)16-9-8-14(17(16,18)19)11-20(12-16)10-13-6-4-3-5-7-13/h2*3-7,14H,2,8-12H2,1H3/t2*14-,16+/m10/s1. The van der Waals surface area contributed by atoms with Crippen molar-refractivity contribution in [3.8, 4) is 0 Å². The van der Waals surface area contributed by atoms with Crippen LogP contribution in [0.4, 0.5) is 17.6 Å². The number of carbonyl (C=O) groups is 2. The summed E-state index contributed by atoms with van der Waals surface area (Å²) in [5.74, 6) is -8.91. The van der Waals surface area contributed by atoms with Gasteiger partial charge in [-0.05, 0) is 50.7 Å². The number of hydrogen-bond acceptors (Lipinski definition) is 6. The third kappa shape index (κ3) is 5.75. The number of carbonyl (C=O) groups excluding carboxylic acids is 2. The van der Waals surface area contributed by atoms with E-state index in [1.54, 1.807) is 13.8 Å². The van der Waals surface area contributed by atoms with Crippen LogP contribution in [0.15, 0.2) is 60.7 Å². The number of ether oxygens (including phenoxy) is 2. The highest BCUT2D eigenvalue weighted by atomic mass is 19.3. The summed E-state index contributed by atoms with van der Waals surface area (Å²) in [7, 11) is 0. The largest absolute Gasteiger partial charge is 0.465 e. The molecule has 2 aromatic carbocycles. The Hall–Kier alpha value is -2.98. The lowest BCUT2D eigenvalue weighted by molar-refractivity contribution is -0.203. The van der Waals surface area contributed by atoms with E-state index in [1.165, 1.54) is 0 Å². The zero-order chi connectivity index (χ0) is 31.6. The maximum absolute atomic E-state index is 14.7. The Labute approximate surface area is 256 Å². The summed E-state index contributed by atoms with van der Waals surface area (Å²) in [5, 5.41) is 0. The van der Waals surface area contributed by atoms with E-state index in [4.69, 9.17) is 9.47 Å². The number of piperidine rings is 2. The third-order valence-electron chi connectivity index (χ3n) is 9.92. The van der Waals surface area contributed by atoms with Gasteiger partial charge in [-0.1, -0.05) is 60.7 Å². The molecule has 0 amide bonds. The second-order valence-corrected chi connectivity index (χ2v) is 12.6. The van der Waals surface area contributed by atoms with Crippen molar-refractivity contribution >= 4 is 11.9 Å². The van der Waals surface area contributed by atoms with Gasteiger partial charge in [-0.2, -0.15) is 0 Å². The summed E-state index contributed by atoms with van der Waals surface area (Å²) < 4.78 is 68.7. The summed E-state index contributed by atoms with van der Waals surface area (Å²) in [6.07, 6.45) is 1.21. The van der Waals surface area contributed by atoms with Crippen LogP contribution in [-0.4, -0.2) is 73.0 Å². The summed E-state index contributed by atoms with van der Waals surface area (Å²) in [6, 6.07) is 19.5. The van der Waals surface area contributed by atoms with Crippen molar-refractivity contribution in [3.05, 3.63) is 71.8 Å². The van der Waals surface area contributed by atoms with Gasteiger partial charge < -0.3 is 9.47 Å². The molecule has 2 aliphatic carbocycles. The Kier molecular flexibility index (Phi) is 9.42. The highest BCUT2D eigenvalue weighted by Gasteiger charge is 2.71. The number of nitrogens with zero attached hydrogens (tertiary/aromatic N) is 2. The van der Waals surface area contributed by atoms with Crippen LogP contribution in [0.25, 0.3) is 0 Å². The van der Waals surface area contributed by atoms with E-state index in [1.807, 2.05) is 70.5 Å². The number of likely N-dealkylation sites (tertiary alicyclic amines) is 2. The van der Waals surface area contributed by atoms with Crippen molar-refractivity contribution in [1.29, 1.82) is 0 Å². The van der Waals surface area contributed by atoms with Crippen LogP contribution in [0.1, 0.15) is 50.7 Å². The van der Waals surface area contributed by atoms with Gasteiger partial charge in [0.1, 0.15) is 10.8 Å². The molecule has 6 nitrogen and oxygen atoms in total. The number of rotatable bonds is 8. The van der Waals surface area contributed by atoms with Gasteiger partial charge in [0.25, 0.3) is 11.8 Å². The van der Waals surface area contributed by atoms with Crippen LogP contribution in [-0.2, 0) is 32.2 Å². The molecule has 2 heterocycles. The van der Waals surface area contributed by atoms with E-state index < -0.39 is 46.4 Å². The van der Waals surface area contributed by atoms with Crippen molar-refractivity contribution in [1.82, 2.24) is 9.80 Å². The topological polar surface area (TPSA) is 59.1 Å². The van der Waals surface area contributed by atoms with E-state index in [0.717, 1.165) is 11.1 Å². The molecule has 10 heteroatoms. The Bertz CT molecular complexity index is 1200. The number of halogens is 4. The van der Waals surface area contributed by atoms with Crippen LogP contribution in [0.5, 0.6) is 0 Å². The highest BCUT2D eigenvalue weighted by molar-refractivity contribution is 5.80. The molecule has 240 valence electrons. The summed E-state index contributed by atoms with van der Waals surface area (Å²) >= 11 is 0. The third-order valence-corrected chi connectivity index (χ3v) is 9.92. The highest BCUT2D eigenvalue weighted by Crippen LogP contribution is 2.59. The SMILES string of the molecule is CCOC(=O)[C@@]12CC[C@@H](CN(Cc3ccccc3)C1)C2(F)F.CCOC(=O)[C@]12CC[C@H](CN(Cc3ccccc3)C1)C2(F)F. The van der Waals surface area contributed by atoms with Crippen LogP contribution >= 0.6 is 0 Å². The predicted molar refractivity (Wildman–Crippen MR) is 157 cm³/mol. The van der Waals surface area contributed by atoms with E-state index >= 15 is 0 Å². The molecule has 0 radical (unpaired) electrons. The molecule has 0 aromatic heterocycles. The van der Waals surface area contributed by atoms with Gasteiger partial charge in [0.2, 0.25) is 0 Å². The monoisotopic (exact) mass is 618 g/mol. The van der Waals surface area contributed by atoms with Gasteiger partial charge >= 0.3 is 11.9 Å². The predicted octanol–water partition coefficient (Wildman–Crippen LogP) is 6.19. The first-order chi connectivity index (χ1) is 21.0. The van der Waals surface area contributed by atoms with E-state index in [0.29, 0.717) is 39.0 Å². The quantitative estimate of drug-likeness (QED) is 0.260. The minimum atomic E-state index is -2.97. The Morgan fingerprint density at radius 2 is 1.05 bits per heavy atom. The first-order valence-electron chi connectivity index (χ1n) is 15.6. The van der Waals surface area contributed by atoms with Crippen molar-refractivity contribution in [2.24, 2.45) is 22.7 Å². The Morgan fingerprint density at radius 1 is 0.682 bits per heavy atom. The normalized spacial score (nSPS) is 30.2. The minimum Gasteiger partial charge on any atom is -0.465 e. The Morgan fingerprint density at radius 3 is 1.39 bits per heavy atom. The first-order valence-corrected chi connectivity index (χ1v) is 15.6. The smallest absolute Gasteiger partial charge is 0.319 e. The maximum Gasteiger partial charge on any atom is 0.319 e. The molecule has 6 rings (SSSR count). The van der Waals surface area contributed by atoms with Crippen LogP contribution < -0.4 is 0 Å². The van der Waals surface area contributed by atoms with Gasteiger partial charge in [0.15, 0.2) is 0 Å². The molecule has 2 aliphatic heterocycles. The van der Waals surface area contributed by atoms with Crippen LogP contribution in [0, 0.1) is 22.7 Å². The summed E-state index contributed by atoms with van der Waals surface area (Å²) in [5.41, 5.74) is -1.18. The average Bonchev–Trinajstić information content (AvgIpc) is 3.20. The van der Waals surface area contributed by atoms with Gasteiger partial charge in [-0.25, -0.2) is 17.6 Å². The molecular weight excluding hydrogens is 576 g/mol. The fourth-order valence-electron chi connectivity index (χ4n) is 7.68. The van der Waals surface area contributed by atoms with Crippen molar-refractivity contribution in [3.63, 3.8) is 0 Å². The number of hydrogen-bond donors (Lipinski definition) is 0. The van der Waals surface area contributed by atoms with Crippen molar-refractivity contribution < 1.29 is 36.6 Å². The minimum absolute atomic E-state index is 0.0736. The number of benzene rings is 2. The lowest BCUT2D eigenvalue weighted by atomic mass is 9.78. The second kappa shape index (κ2) is 12.8. The summed E-state index contributed by atoms with van der Waals surface area (Å²) in [6.45, 7) is 5.59. The van der Waals surface area contributed by atoms with E-state index in [-0.39, 0.29) is 39.1 Å². The Balaban J connectivity index is 0.000000175. The fraction of sp³-hybridized carbons (Fsp3) is 0.588. The molecule has 0 N–H and O–H groups in total. The molecule has 4 aliphatic rings. The molecule has 2 saturated carbocycles. The zero-order valence-corrected chi connectivity index (χ0v) is 25.5. The molecule has 44 heavy (non-hydrogen) atoms. The molecule has 2 saturated heterocycles. The van der Waals surface area contributed by atoms with E-state index in [2.05, 4.69) is 0 Å². The summed E-state index contributed by atoms with van der Waals surface area (Å²) in [4.78, 5) is 28.5. The van der Waals surface area contributed by atoms with Gasteiger partial charge in [-0.3, -0.25) is 19.4 Å². The van der Waals surface area contributed by atoms with Gasteiger partial charge in [-0.15, -0.1) is 0 Å². The molecule has 4 atom stereocenters. The first kappa shape index (κ1) is 32.4. The lowest BCUT2D eigenvalue weighted by Gasteiger charge is -2.44. The number of esters is 2. The lowest BCUT2D eigenvalue weighted by Crippen LogP contribution is -2.59. The van der Waals surface area contributed by atoms with Crippen molar-refractivity contribution in [2.45, 2.75) is 64.5 Å².